The highest BCUT2D eigenvalue weighted by atomic mass is 15.3. The monoisotopic (exact) mass is 221 g/mol. The Bertz CT molecular complexity index is 313. The number of hydrogen-bond acceptors (Lipinski definition) is 2. The van der Waals surface area contributed by atoms with Crippen LogP contribution in [0.1, 0.15) is 50.8 Å². The molecule has 90 valence electrons. The second-order valence-corrected chi connectivity index (χ2v) is 4.97. The maximum Gasteiger partial charge on any atom is 0.0640 e. The molecular formula is C13H23N3. The van der Waals surface area contributed by atoms with Gasteiger partial charge in [-0.05, 0) is 32.9 Å². The van der Waals surface area contributed by atoms with E-state index in [0.717, 1.165) is 6.42 Å². The molecule has 1 saturated carbocycles. The van der Waals surface area contributed by atoms with Gasteiger partial charge in [-0.2, -0.15) is 5.10 Å². The molecule has 0 radical (unpaired) electrons. The van der Waals surface area contributed by atoms with Crippen LogP contribution < -0.4 is 5.32 Å². The van der Waals surface area contributed by atoms with Crippen LogP contribution in [0.4, 0.5) is 0 Å². The summed E-state index contributed by atoms with van der Waals surface area (Å²) in [6, 6.07) is 3.34. The van der Waals surface area contributed by atoms with Crippen LogP contribution in [0.2, 0.25) is 0 Å². The average Bonchev–Trinajstić information content (AvgIpc) is 2.78. The van der Waals surface area contributed by atoms with Crippen molar-refractivity contribution in [3.05, 3.63) is 18.0 Å². The van der Waals surface area contributed by atoms with E-state index in [-0.39, 0.29) is 0 Å². The number of rotatable bonds is 4. The molecule has 0 aliphatic heterocycles. The zero-order valence-electron chi connectivity index (χ0n) is 10.4. The van der Waals surface area contributed by atoms with Crippen LogP contribution in [0.25, 0.3) is 0 Å². The molecule has 0 saturated heterocycles. The summed E-state index contributed by atoms with van der Waals surface area (Å²) in [6.07, 6.45) is 9.94. The molecule has 1 fully saturated rings. The maximum atomic E-state index is 4.70. The van der Waals surface area contributed by atoms with Crippen molar-refractivity contribution in [1.82, 2.24) is 15.1 Å². The topological polar surface area (TPSA) is 29.9 Å². The minimum absolute atomic E-state index is 0.509. The molecule has 16 heavy (non-hydrogen) atoms. The zero-order valence-corrected chi connectivity index (χ0v) is 10.4. The average molecular weight is 221 g/mol. The van der Waals surface area contributed by atoms with E-state index >= 15 is 0 Å². The first kappa shape index (κ1) is 11.6. The predicted molar refractivity (Wildman–Crippen MR) is 66.6 cm³/mol. The van der Waals surface area contributed by atoms with Crippen molar-refractivity contribution in [3.63, 3.8) is 0 Å². The van der Waals surface area contributed by atoms with E-state index in [1.807, 2.05) is 7.05 Å². The molecule has 1 aliphatic rings. The standard InChI is InChI=1S/C13H23N3/c1-11(14-2)10-12-8-9-16(15-12)13-6-4-3-5-7-13/h8-9,11,13-14H,3-7,10H2,1-2H3. The van der Waals surface area contributed by atoms with Crippen molar-refractivity contribution in [1.29, 1.82) is 0 Å². The lowest BCUT2D eigenvalue weighted by molar-refractivity contribution is 0.327. The van der Waals surface area contributed by atoms with E-state index in [4.69, 9.17) is 5.10 Å². The van der Waals surface area contributed by atoms with Gasteiger partial charge in [0.15, 0.2) is 0 Å². The molecule has 1 aromatic heterocycles. The number of aromatic nitrogens is 2. The summed E-state index contributed by atoms with van der Waals surface area (Å²) in [6.45, 7) is 2.19. The van der Waals surface area contributed by atoms with Gasteiger partial charge in [-0.1, -0.05) is 19.3 Å². The minimum Gasteiger partial charge on any atom is -0.317 e. The summed E-state index contributed by atoms with van der Waals surface area (Å²) < 4.78 is 2.19. The van der Waals surface area contributed by atoms with Crippen molar-refractivity contribution in [3.8, 4) is 0 Å². The van der Waals surface area contributed by atoms with E-state index in [0.29, 0.717) is 12.1 Å². The van der Waals surface area contributed by atoms with E-state index < -0.39 is 0 Å². The second-order valence-electron chi connectivity index (χ2n) is 4.97. The van der Waals surface area contributed by atoms with E-state index in [1.165, 1.54) is 37.8 Å². The Hall–Kier alpha value is -0.830. The SMILES string of the molecule is CNC(C)Cc1ccn(C2CCCCC2)n1. The number of hydrogen-bond donors (Lipinski definition) is 1. The Morgan fingerprint density at radius 1 is 1.44 bits per heavy atom. The van der Waals surface area contributed by atoms with E-state index in [9.17, 15) is 0 Å². The predicted octanol–water partition coefficient (Wildman–Crippen LogP) is 2.54. The molecule has 3 nitrogen and oxygen atoms in total. The van der Waals surface area contributed by atoms with Gasteiger partial charge in [0.05, 0.1) is 11.7 Å². The lowest BCUT2D eigenvalue weighted by atomic mass is 9.96. The molecule has 0 bridgehead atoms. The molecule has 3 heteroatoms. The summed E-state index contributed by atoms with van der Waals surface area (Å²) >= 11 is 0. The van der Waals surface area contributed by atoms with E-state index in [1.54, 1.807) is 0 Å². The fraction of sp³-hybridized carbons (Fsp3) is 0.769. The fourth-order valence-corrected chi connectivity index (χ4v) is 2.45. The Morgan fingerprint density at radius 3 is 2.88 bits per heavy atom. The number of likely N-dealkylation sites (N-methyl/N-ethyl adjacent to an activating group) is 1. The van der Waals surface area contributed by atoms with Gasteiger partial charge in [-0.3, -0.25) is 4.68 Å². The van der Waals surface area contributed by atoms with Crippen LogP contribution in [-0.2, 0) is 6.42 Å². The molecular weight excluding hydrogens is 198 g/mol. The Kier molecular flexibility index (Phi) is 3.99. The third-order valence-corrected chi connectivity index (χ3v) is 3.62. The molecule has 0 spiro atoms. The summed E-state index contributed by atoms with van der Waals surface area (Å²) in [5.41, 5.74) is 1.22. The largest absolute Gasteiger partial charge is 0.317 e. The van der Waals surface area contributed by atoms with Crippen LogP contribution in [0.5, 0.6) is 0 Å². The van der Waals surface area contributed by atoms with Gasteiger partial charge < -0.3 is 5.32 Å². The van der Waals surface area contributed by atoms with Gasteiger partial charge in [-0.25, -0.2) is 0 Å². The Labute approximate surface area is 98.2 Å². The smallest absolute Gasteiger partial charge is 0.0640 e. The summed E-state index contributed by atoms with van der Waals surface area (Å²) in [4.78, 5) is 0. The molecule has 1 aromatic rings. The van der Waals surface area contributed by atoms with Gasteiger partial charge in [0.2, 0.25) is 0 Å². The van der Waals surface area contributed by atoms with E-state index in [2.05, 4.69) is 29.2 Å². The lowest BCUT2D eigenvalue weighted by Crippen LogP contribution is -2.24. The zero-order chi connectivity index (χ0) is 11.4. The van der Waals surface area contributed by atoms with Gasteiger partial charge in [-0.15, -0.1) is 0 Å². The summed E-state index contributed by atoms with van der Waals surface area (Å²) in [7, 11) is 2.00. The first-order valence-corrected chi connectivity index (χ1v) is 6.51. The maximum absolute atomic E-state index is 4.70. The number of nitrogens with zero attached hydrogens (tertiary/aromatic N) is 2. The quantitative estimate of drug-likeness (QED) is 0.846. The highest BCUT2D eigenvalue weighted by molar-refractivity contribution is 5.02. The van der Waals surface area contributed by atoms with Crippen molar-refractivity contribution >= 4 is 0 Å². The van der Waals surface area contributed by atoms with Crippen molar-refractivity contribution in [2.75, 3.05) is 7.05 Å². The first-order valence-electron chi connectivity index (χ1n) is 6.51. The first-order chi connectivity index (χ1) is 7.79. The second kappa shape index (κ2) is 5.48. The van der Waals surface area contributed by atoms with Crippen molar-refractivity contribution < 1.29 is 0 Å². The van der Waals surface area contributed by atoms with Gasteiger partial charge >= 0.3 is 0 Å². The third-order valence-electron chi connectivity index (χ3n) is 3.62. The van der Waals surface area contributed by atoms with Crippen LogP contribution in [0.15, 0.2) is 12.3 Å². The minimum atomic E-state index is 0.509. The summed E-state index contributed by atoms with van der Waals surface area (Å²) in [5, 5.41) is 7.95. The molecule has 1 heterocycles. The van der Waals surface area contributed by atoms with Gasteiger partial charge in [0.25, 0.3) is 0 Å². The van der Waals surface area contributed by atoms with Crippen LogP contribution >= 0.6 is 0 Å². The molecule has 2 rings (SSSR count). The van der Waals surface area contributed by atoms with Crippen molar-refractivity contribution in [2.24, 2.45) is 0 Å². The lowest BCUT2D eigenvalue weighted by Gasteiger charge is -2.21. The van der Waals surface area contributed by atoms with Crippen molar-refractivity contribution in [2.45, 2.75) is 57.5 Å². The molecule has 0 amide bonds. The van der Waals surface area contributed by atoms with Gasteiger partial charge in [0, 0.05) is 18.7 Å². The molecule has 1 aliphatic carbocycles. The van der Waals surface area contributed by atoms with Crippen LogP contribution in [0, 0.1) is 0 Å². The summed E-state index contributed by atoms with van der Waals surface area (Å²) in [5.74, 6) is 0. The fourth-order valence-electron chi connectivity index (χ4n) is 2.45. The van der Waals surface area contributed by atoms with Gasteiger partial charge in [0.1, 0.15) is 0 Å². The molecule has 1 unspecified atom stereocenters. The van der Waals surface area contributed by atoms with Crippen LogP contribution in [-0.4, -0.2) is 22.9 Å². The molecule has 0 aromatic carbocycles. The highest BCUT2D eigenvalue weighted by Crippen LogP contribution is 2.27. The normalized spacial score (nSPS) is 19.9. The molecule has 1 atom stereocenters. The Morgan fingerprint density at radius 2 is 2.19 bits per heavy atom. The number of nitrogens with one attached hydrogen (secondary N) is 1. The Balaban J connectivity index is 1.95. The highest BCUT2D eigenvalue weighted by Gasteiger charge is 2.16. The van der Waals surface area contributed by atoms with Crippen LogP contribution in [0.3, 0.4) is 0 Å². The third kappa shape index (κ3) is 2.85. The molecule has 1 N–H and O–H groups in total.